The van der Waals surface area contributed by atoms with Gasteiger partial charge in [0, 0.05) is 12.0 Å². The summed E-state index contributed by atoms with van der Waals surface area (Å²) >= 11 is 0. The summed E-state index contributed by atoms with van der Waals surface area (Å²) in [6, 6.07) is 0. The van der Waals surface area contributed by atoms with Crippen molar-refractivity contribution in [3.63, 3.8) is 0 Å². The number of nitrogens with one attached hydrogen (secondary N) is 1. The van der Waals surface area contributed by atoms with Crippen molar-refractivity contribution in [1.29, 1.82) is 0 Å². The quantitative estimate of drug-likeness (QED) is 0.574. The highest BCUT2D eigenvalue weighted by atomic mass is 16.6. The molecule has 2 rings (SSSR count). The van der Waals surface area contributed by atoms with Gasteiger partial charge in [-0.3, -0.25) is 9.59 Å². The zero-order valence-corrected chi connectivity index (χ0v) is 11.5. The summed E-state index contributed by atoms with van der Waals surface area (Å²) in [6.07, 6.45) is 5.32. The van der Waals surface area contributed by atoms with E-state index in [0.29, 0.717) is 6.54 Å². The number of esters is 1. The SMILES string of the molecule is CC(C)(C)OC(=O)C1C(=O)NCC12CCCCC2. The molecule has 1 N–H and O–H groups in total. The van der Waals surface area contributed by atoms with Gasteiger partial charge in [-0.05, 0) is 33.6 Å². The maximum absolute atomic E-state index is 12.3. The molecule has 0 bridgehead atoms. The monoisotopic (exact) mass is 253 g/mol. The average molecular weight is 253 g/mol. The number of ether oxygens (including phenoxy) is 1. The molecule has 4 nitrogen and oxygen atoms in total. The van der Waals surface area contributed by atoms with E-state index in [-0.39, 0.29) is 17.3 Å². The van der Waals surface area contributed by atoms with Crippen LogP contribution in [0.3, 0.4) is 0 Å². The Morgan fingerprint density at radius 2 is 1.89 bits per heavy atom. The second kappa shape index (κ2) is 4.56. The van der Waals surface area contributed by atoms with E-state index >= 15 is 0 Å². The van der Waals surface area contributed by atoms with E-state index in [1.54, 1.807) is 0 Å². The fraction of sp³-hybridized carbons (Fsp3) is 0.857. The van der Waals surface area contributed by atoms with Crippen molar-refractivity contribution in [3.8, 4) is 0 Å². The zero-order chi connectivity index (χ0) is 13.4. The van der Waals surface area contributed by atoms with Crippen LogP contribution >= 0.6 is 0 Å². The lowest BCUT2D eigenvalue weighted by Crippen LogP contribution is -2.41. The molecule has 0 aromatic heterocycles. The van der Waals surface area contributed by atoms with E-state index < -0.39 is 11.5 Å². The van der Waals surface area contributed by atoms with Crippen molar-refractivity contribution in [1.82, 2.24) is 5.32 Å². The van der Waals surface area contributed by atoms with Gasteiger partial charge >= 0.3 is 5.97 Å². The Kier molecular flexibility index (Phi) is 3.39. The summed E-state index contributed by atoms with van der Waals surface area (Å²) < 4.78 is 5.42. The zero-order valence-electron chi connectivity index (χ0n) is 11.5. The van der Waals surface area contributed by atoms with Crippen LogP contribution in [0.5, 0.6) is 0 Å². The van der Waals surface area contributed by atoms with Crippen LogP contribution in [0.4, 0.5) is 0 Å². The second-order valence-corrected chi connectivity index (χ2v) is 6.61. The van der Waals surface area contributed by atoms with E-state index in [9.17, 15) is 9.59 Å². The van der Waals surface area contributed by atoms with Crippen LogP contribution < -0.4 is 5.32 Å². The Hall–Kier alpha value is -1.06. The van der Waals surface area contributed by atoms with Gasteiger partial charge < -0.3 is 10.1 Å². The molecule has 1 atom stereocenters. The molecule has 2 fully saturated rings. The summed E-state index contributed by atoms with van der Waals surface area (Å²) in [6.45, 7) is 6.15. The first-order valence-electron chi connectivity index (χ1n) is 6.85. The molecule has 0 aromatic carbocycles. The van der Waals surface area contributed by atoms with Crippen LogP contribution in [0.25, 0.3) is 0 Å². The Bertz CT molecular complexity index is 351. The molecular formula is C14H23NO3. The van der Waals surface area contributed by atoms with Crippen molar-refractivity contribution in [2.24, 2.45) is 11.3 Å². The van der Waals surface area contributed by atoms with E-state index in [0.717, 1.165) is 25.7 Å². The van der Waals surface area contributed by atoms with Gasteiger partial charge in [0.1, 0.15) is 11.5 Å². The van der Waals surface area contributed by atoms with Crippen molar-refractivity contribution in [2.75, 3.05) is 6.54 Å². The van der Waals surface area contributed by atoms with Gasteiger partial charge in [-0.1, -0.05) is 19.3 Å². The Morgan fingerprint density at radius 3 is 2.44 bits per heavy atom. The van der Waals surface area contributed by atoms with Crippen molar-refractivity contribution in [2.45, 2.75) is 58.5 Å². The van der Waals surface area contributed by atoms with E-state index in [1.807, 2.05) is 20.8 Å². The van der Waals surface area contributed by atoms with Gasteiger partial charge in [-0.15, -0.1) is 0 Å². The van der Waals surface area contributed by atoms with E-state index in [2.05, 4.69) is 5.32 Å². The molecule has 2 aliphatic rings. The fourth-order valence-electron chi connectivity index (χ4n) is 3.18. The highest BCUT2D eigenvalue weighted by molar-refractivity contribution is 6.00. The van der Waals surface area contributed by atoms with Gasteiger partial charge in [0.05, 0.1) is 0 Å². The average Bonchev–Trinajstić information content (AvgIpc) is 2.54. The topological polar surface area (TPSA) is 55.4 Å². The lowest BCUT2D eigenvalue weighted by atomic mass is 9.67. The van der Waals surface area contributed by atoms with E-state index in [4.69, 9.17) is 4.74 Å². The van der Waals surface area contributed by atoms with E-state index in [1.165, 1.54) is 6.42 Å². The molecule has 1 saturated heterocycles. The van der Waals surface area contributed by atoms with Crippen LogP contribution in [0.2, 0.25) is 0 Å². The molecule has 1 spiro atoms. The summed E-state index contributed by atoms with van der Waals surface area (Å²) in [4.78, 5) is 24.2. The largest absolute Gasteiger partial charge is 0.459 e. The molecule has 1 aliphatic heterocycles. The van der Waals surface area contributed by atoms with Gasteiger partial charge in [0.25, 0.3) is 0 Å². The lowest BCUT2D eigenvalue weighted by Gasteiger charge is -2.36. The highest BCUT2D eigenvalue weighted by Gasteiger charge is 2.53. The summed E-state index contributed by atoms with van der Waals surface area (Å²) in [5.41, 5.74) is -0.715. The van der Waals surface area contributed by atoms with Crippen LogP contribution in [-0.2, 0) is 14.3 Å². The third kappa shape index (κ3) is 2.52. The molecule has 1 aliphatic carbocycles. The van der Waals surface area contributed by atoms with Crippen LogP contribution in [-0.4, -0.2) is 24.0 Å². The minimum atomic E-state index is -0.600. The number of amides is 1. The Balaban J connectivity index is 2.17. The Labute approximate surface area is 108 Å². The summed E-state index contributed by atoms with van der Waals surface area (Å²) in [5, 5.41) is 2.86. The molecule has 18 heavy (non-hydrogen) atoms. The third-order valence-electron chi connectivity index (χ3n) is 3.98. The molecule has 0 aromatic rings. The highest BCUT2D eigenvalue weighted by Crippen LogP contribution is 2.46. The number of rotatable bonds is 1. The van der Waals surface area contributed by atoms with Crippen LogP contribution in [0.1, 0.15) is 52.9 Å². The minimum Gasteiger partial charge on any atom is -0.459 e. The van der Waals surface area contributed by atoms with Crippen molar-refractivity contribution >= 4 is 11.9 Å². The Morgan fingerprint density at radius 1 is 1.28 bits per heavy atom. The first-order valence-corrected chi connectivity index (χ1v) is 6.85. The molecule has 102 valence electrons. The minimum absolute atomic E-state index is 0.147. The molecular weight excluding hydrogens is 230 g/mol. The predicted octanol–water partition coefficient (Wildman–Crippen LogP) is 2.02. The second-order valence-electron chi connectivity index (χ2n) is 6.61. The molecule has 4 heteroatoms. The van der Waals surface area contributed by atoms with Gasteiger partial charge in [-0.25, -0.2) is 0 Å². The molecule has 0 radical (unpaired) electrons. The first-order chi connectivity index (χ1) is 8.34. The first kappa shape index (κ1) is 13.4. The normalized spacial score (nSPS) is 27.1. The smallest absolute Gasteiger partial charge is 0.319 e. The predicted molar refractivity (Wildman–Crippen MR) is 67.9 cm³/mol. The summed E-state index contributed by atoms with van der Waals surface area (Å²) in [7, 11) is 0. The molecule has 1 amide bonds. The molecule has 1 heterocycles. The van der Waals surface area contributed by atoms with Crippen LogP contribution in [0, 0.1) is 11.3 Å². The van der Waals surface area contributed by atoms with Gasteiger partial charge in [-0.2, -0.15) is 0 Å². The molecule has 1 saturated carbocycles. The number of hydrogen-bond acceptors (Lipinski definition) is 3. The van der Waals surface area contributed by atoms with Crippen molar-refractivity contribution < 1.29 is 14.3 Å². The number of carbonyl (C=O) groups is 2. The number of hydrogen-bond donors (Lipinski definition) is 1. The maximum Gasteiger partial charge on any atom is 0.319 e. The van der Waals surface area contributed by atoms with Gasteiger partial charge in [0.15, 0.2) is 0 Å². The standard InChI is InChI=1S/C14H23NO3/c1-13(2,3)18-12(17)10-11(16)15-9-14(10)7-5-4-6-8-14/h10H,4-9H2,1-3H3,(H,15,16). The van der Waals surface area contributed by atoms with Gasteiger partial charge in [0.2, 0.25) is 5.91 Å². The number of carbonyl (C=O) groups excluding carboxylic acids is 2. The summed E-state index contributed by atoms with van der Waals surface area (Å²) in [5.74, 6) is -1.09. The third-order valence-corrected chi connectivity index (χ3v) is 3.98. The van der Waals surface area contributed by atoms with Crippen molar-refractivity contribution in [3.05, 3.63) is 0 Å². The van der Waals surface area contributed by atoms with Crippen LogP contribution in [0.15, 0.2) is 0 Å². The fourth-order valence-corrected chi connectivity index (χ4v) is 3.18. The molecule has 1 unspecified atom stereocenters. The maximum atomic E-state index is 12.3. The lowest BCUT2D eigenvalue weighted by molar-refractivity contribution is -0.166.